The standard InChI is InChI=1S/C26H20BrN5O/c1-2-17-5-3-6-19(13-17)30-26-21-15-20(9-11-22(21)28-16-29-26)33-12-4-7-25-31-23-10-8-18(27)14-24(23)32-25/h1,3,5-6,8-11,13-16H,4,7,12H2,(H,31,32)(H,28,29,30). The molecule has 0 aliphatic carbocycles. The highest BCUT2D eigenvalue weighted by Crippen LogP contribution is 2.27. The highest BCUT2D eigenvalue weighted by atomic mass is 79.9. The third kappa shape index (κ3) is 4.81. The summed E-state index contributed by atoms with van der Waals surface area (Å²) < 4.78 is 7.05. The summed E-state index contributed by atoms with van der Waals surface area (Å²) in [6, 6.07) is 19.5. The molecule has 0 bridgehead atoms. The Morgan fingerprint density at radius 3 is 2.85 bits per heavy atom. The fraction of sp³-hybridized carbons (Fsp3) is 0.115. The summed E-state index contributed by atoms with van der Waals surface area (Å²) in [5.74, 6) is 5.08. The SMILES string of the molecule is C#Cc1cccc(Nc2ncnc3ccc(OCCCc4nc5ccc(Br)cc5[nH]4)cc23)c1. The molecule has 33 heavy (non-hydrogen) atoms. The lowest BCUT2D eigenvalue weighted by Crippen LogP contribution is -2.01. The van der Waals surface area contributed by atoms with Gasteiger partial charge in [-0.2, -0.15) is 0 Å². The molecule has 0 aliphatic rings. The molecule has 162 valence electrons. The molecule has 6 nitrogen and oxygen atoms in total. The second-order valence-corrected chi connectivity index (χ2v) is 8.46. The Morgan fingerprint density at radius 2 is 1.94 bits per heavy atom. The molecule has 2 heterocycles. The fourth-order valence-corrected chi connectivity index (χ4v) is 3.99. The molecule has 0 atom stereocenters. The van der Waals surface area contributed by atoms with Gasteiger partial charge in [0.2, 0.25) is 0 Å². The molecule has 0 unspecified atom stereocenters. The first-order valence-electron chi connectivity index (χ1n) is 10.5. The first-order valence-corrected chi connectivity index (χ1v) is 11.3. The van der Waals surface area contributed by atoms with Crippen LogP contribution in [0.5, 0.6) is 5.75 Å². The quantitative estimate of drug-likeness (QED) is 0.213. The number of nitrogens with one attached hydrogen (secondary N) is 2. The van der Waals surface area contributed by atoms with Crippen molar-refractivity contribution in [3.05, 3.63) is 82.9 Å². The van der Waals surface area contributed by atoms with Crippen LogP contribution in [-0.4, -0.2) is 26.5 Å². The van der Waals surface area contributed by atoms with Crippen molar-refractivity contribution in [3.8, 4) is 18.1 Å². The second kappa shape index (κ2) is 9.31. The molecule has 0 saturated heterocycles. The number of halogens is 1. The van der Waals surface area contributed by atoms with Crippen LogP contribution in [0.2, 0.25) is 0 Å². The zero-order chi connectivity index (χ0) is 22.6. The molecular formula is C26H20BrN5O. The van der Waals surface area contributed by atoms with Gasteiger partial charge in [0.1, 0.15) is 23.7 Å². The maximum atomic E-state index is 6.01. The van der Waals surface area contributed by atoms with Crippen LogP contribution in [0.4, 0.5) is 11.5 Å². The minimum absolute atomic E-state index is 0.576. The van der Waals surface area contributed by atoms with E-state index in [1.54, 1.807) is 6.33 Å². The number of aryl methyl sites for hydroxylation is 1. The smallest absolute Gasteiger partial charge is 0.141 e. The summed E-state index contributed by atoms with van der Waals surface area (Å²) in [5, 5.41) is 4.21. The lowest BCUT2D eigenvalue weighted by atomic mass is 10.2. The van der Waals surface area contributed by atoms with Gasteiger partial charge in [-0.05, 0) is 61.0 Å². The van der Waals surface area contributed by atoms with Crippen molar-refractivity contribution in [1.29, 1.82) is 0 Å². The zero-order valence-electron chi connectivity index (χ0n) is 17.7. The molecule has 5 aromatic rings. The van der Waals surface area contributed by atoms with Crippen molar-refractivity contribution in [2.24, 2.45) is 0 Å². The summed E-state index contributed by atoms with van der Waals surface area (Å²) in [7, 11) is 0. The normalized spacial score (nSPS) is 10.9. The van der Waals surface area contributed by atoms with E-state index >= 15 is 0 Å². The van der Waals surface area contributed by atoms with Crippen LogP contribution >= 0.6 is 15.9 Å². The van der Waals surface area contributed by atoms with E-state index in [-0.39, 0.29) is 0 Å². The number of anilines is 2. The van der Waals surface area contributed by atoms with Gasteiger partial charge >= 0.3 is 0 Å². The number of terminal acetylenes is 1. The second-order valence-electron chi connectivity index (χ2n) is 7.55. The van der Waals surface area contributed by atoms with Gasteiger partial charge < -0.3 is 15.0 Å². The van der Waals surface area contributed by atoms with Gasteiger partial charge in [0.05, 0.1) is 23.2 Å². The number of ether oxygens (including phenoxy) is 1. The largest absolute Gasteiger partial charge is 0.494 e. The van der Waals surface area contributed by atoms with Gasteiger partial charge in [-0.3, -0.25) is 0 Å². The number of aromatic nitrogens is 4. The van der Waals surface area contributed by atoms with Gasteiger partial charge in [0.15, 0.2) is 0 Å². The molecule has 0 aliphatic heterocycles. The first-order chi connectivity index (χ1) is 16.2. The number of fused-ring (bicyclic) bond motifs is 2. The number of nitrogens with zero attached hydrogens (tertiary/aromatic N) is 3. The van der Waals surface area contributed by atoms with Crippen molar-refractivity contribution in [3.63, 3.8) is 0 Å². The minimum Gasteiger partial charge on any atom is -0.494 e. The molecule has 5 rings (SSSR count). The fourth-order valence-electron chi connectivity index (χ4n) is 3.63. The van der Waals surface area contributed by atoms with E-state index in [2.05, 4.69) is 47.1 Å². The molecule has 0 saturated carbocycles. The molecule has 0 spiro atoms. The van der Waals surface area contributed by atoms with Crippen molar-refractivity contribution in [1.82, 2.24) is 19.9 Å². The van der Waals surface area contributed by atoms with E-state index < -0.39 is 0 Å². The minimum atomic E-state index is 0.576. The van der Waals surface area contributed by atoms with Crippen LogP contribution in [0.15, 0.2) is 71.5 Å². The number of imidazole rings is 1. The number of hydrogen-bond acceptors (Lipinski definition) is 5. The molecule has 3 aromatic carbocycles. The van der Waals surface area contributed by atoms with Crippen molar-refractivity contribution in [2.75, 3.05) is 11.9 Å². The Bertz CT molecular complexity index is 1490. The summed E-state index contributed by atoms with van der Waals surface area (Å²) in [6.07, 6.45) is 8.71. The molecule has 2 N–H and O–H groups in total. The third-order valence-electron chi connectivity index (χ3n) is 5.22. The predicted molar refractivity (Wildman–Crippen MR) is 135 cm³/mol. The summed E-state index contributed by atoms with van der Waals surface area (Å²) >= 11 is 3.49. The lowest BCUT2D eigenvalue weighted by molar-refractivity contribution is 0.310. The van der Waals surface area contributed by atoms with Crippen LogP contribution in [0.25, 0.3) is 21.9 Å². The Hall–Kier alpha value is -3.89. The zero-order valence-corrected chi connectivity index (χ0v) is 19.3. The highest BCUT2D eigenvalue weighted by Gasteiger charge is 2.08. The van der Waals surface area contributed by atoms with E-state index in [1.165, 1.54) is 0 Å². The molecular weight excluding hydrogens is 478 g/mol. The van der Waals surface area contributed by atoms with Crippen LogP contribution in [-0.2, 0) is 6.42 Å². The average Bonchev–Trinajstić information content (AvgIpc) is 3.24. The van der Waals surface area contributed by atoms with Crippen molar-refractivity contribution >= 4 is 49.4 Å². The van der Waals surface area contributed by atoms with E-state index in [9.17, 15) is 0 Å². The Labute approximate surface area is 199 Å². The number of rotatable bonds is 7. The summed E-state index contributed by atoms with van der Waals surface area (Å²) in [5.41, 5.74) is 4.51. The van der Waals surface area contributed by atoms with Crippen LogP contribution < -0.4 is 10.1 Å². The Balaban J connectivity index is 1.26. The van der Waals surface area contributed by atoms with Crippen LogP contribution in [0, 0.1) is 12.3 Å². The first kappa shape index (κ1) is 21.0. The van der Waals surface area contributed by atoms with E-state index in [0.717, 1.165) is 62.1 Å². The third-order valence-corrected chi connectivity index (χ3v) is 5.71. The number of aromatic amines is 1. The van der Waals surface area contributed by atoms with Crippen LogP contribution in [0.1, 0.15) is 17.8 Å². The van der Waals surface area contributed by atoms with Gasteiger partial charge in [0.25, 0.3) is 0 Å². The monoisotopic (exact) mass is 497 g/mol. The van der Waals surface area contributed by atoms with E-state index in [4.69, 9.17) is 11.2 Å². The average molecular weight is 498 g/mol. The number of H-pyrrole nitrogens is 1. The molecule has 7 heteroatoms. The van der Waals surface area contributed by atoms with Crippen molar-refractivity contribution in [2.45, 2.75) is 12.8 Å². The maximum Gasteiger partial charge on any atom is 0.141 e. The van der Waals surface area contributed by atoms with E-state index in [0.29, 0.717) is 12.4 Å². The number of benzene rings is 3. The van der Waals surface area contributed by atoms with E-state index in [1.807, 2.05) is 60.7 Å². The predicted octanol–water partition coefficient (Wildman–Crippen LogP) is 6.01. The maximum absolute atomic E-state index is 6.01. The molecule has 2 aromatic heterocycles. The Kier molecular flexibility index (Phi) is 5.92. The molecule has 0 fully saturated rings. The van der Waals surface area contributed by atoms with Gasteiger partial charge in [-0.1, -0.05) is 27.9 Å². The molecule has 0 amide bonds. The lowest BCUT2D eigenvalue weighted by Gasteiger charge is -2.11. The van der Waals surface area contributed by atoms with Gasteiger partial charge in [0, 0.05) is 27.5 Å². The number of hydrogen-bond donors (Lipinski definition) is 2. The topological polar surface area (TPSA) is 75.7 Å². The van der Waals surface area contributed by atoms with Crippen LogP contribution in [0.3, 0.4) is 0 Å². The highest BCUT2D eigenvalue weighted by molar-refractivity contribution is 9.10. The summed E-state index contributed by atoms with van der Waals surface area (Å²) in [4.78, 5) is 16.8. The molecule has 0 radical (unpaired) electrons. The van der Waals surface area contributed by atoms with Crippen molar-refractivity contribution < 1.29 is 4.74 Å². The summed E-state index contributed by atoms with van der Waals surface area (Å²) in [6.45, 7) is 0.576. The van der Waals surface area contributed by atoms with Gasteiger partial charge in [-0.15, -0.1) is 6.42 Å². The van der Waals surface area contributed by atoms with Gasteiger partial charge in [-0.25, -0.2) is 15.0 Å². The Morgan fingerprint density at radius 1 is 1.03 bits per heavy atom.